The summed E-state index contributed by atoms with van der Waals surface area (Å²) in [5.41, 5.74) is 1.03. The predicted molar refractivity (Wildman–Crippen MR) is 70.6 cm³/mol. The molecule has 0 saturated carbocycles. The fourth-order valence-electron chi connectivity index (χ4n) is 2.07. The lowest BCUT2D eigenvalue weighted by atomic mass is 10.1. The van der Waals surface area contributed by atoms with Gasteiger partial charge in [0.15, 0.2) is 5.13 Å². The molecular weight excluding hydrogens is 234 g/mol. The van der Waals surface area contributed by atoms with Crippen LogP contribution in [0.5, 0.6) is 0 Å². The highest BCUT2D eigenvalue weighted by atomic mass is 32.1. The quantitative estimate of drug-likeness (QED) is 0.894. The van der Waals surface area contributed by atoms with Gasteiger partial charge in [0.25, 0.3) is 0 Å². The molecule has 2 rings (SSSR count). The number of rotatable bonds is 3. The molecule has 5 heteroatoms. The number of anilines is 1. The highest BCUT2D eigenvalue weighted by Crippen LogP contribution is 2.28. The van der Waals surface area contributed by atoms with E-state index in [1.165, 1.54) is 4.88 Å². The zero-order chi connectivity index (χ0) is 12.4. The van der Waals surface area contributed by atoms with Crippen LogP contribution in [-0.2, 0) is 4.79 Å². The van der Waals surface area contributed by atoms with Gasteiger partial charge in [0, 0.05) is 11.4 Å². The minimum absolute atomic E-state index is 0.0294. The molecule has 94 valence electrons. The maximum absolute atomic E-state index is 12.3. The smallest absolute Gasteiger partial charge is 0.245 e. The first-order valence-electron chi connectivity index (χ1n) is 6.12. The Kier molecular flexibility index (Phi) is 3.79. The van der Waals surface area contributed by atoms with E-state index in [2.05, 4.69) is 10.3 Å². The van der Waals surface area contributed by atoms with E-state index in [0.29, 0.717) is 0 Å². The molecule has 0 aromatic carbocycles. The Hall–Kier alpha value is -0.940. The lowest BCUT2D eigenvalue weighted by molar-refractivity contribution is -0.121. The second kappa shape index (κ2) is 5.14. The van der Waals surface area contributed by atoms with Crippen molar-refractivity contribution in [2.45, 2.75) is 39.7 Å². The summed E-state index contributed by atoms with van der Waals surface area (Å²) in [6.07, 6.45) is 1.98. The lowest BCUT2D eigenvalue weighted by Crippen LogP contribution is -2.50. The highest BCUT2D eigenvalue weighted by molar-refractivity contribution is 7.15. The van der Waals surface area contributed by atoms with Gasteiger partial charge >= 0.3 is 0 Å². The maximum Gasteiger partial charge on any atom is 0.245 e. The summed E-state index contributed by atoms with van der Waals surface area (Å²) in [4.78, 5) is 19.8. The van der Waals surface area contributed by atoms with E-state index in [4.69, 9.17) is 0 Å². The Bertz CT molecular complexity index is 394. The van der Waals surface area contributed by atoms with Crippen LogP contribution < -0.4 is 10.2 Å². The van der Waals surface area contributed by atoms with E-state index < -0.39 is 0 Å². The van der Waals surface area contributed by atoms with Gasteiger partial charge in [0.1, 0.15) is 0 Å². The molecule has 4 nitrogen and oxygen atoms in total. The topological polar surface area (TPSA) is 45.2 Å². The van der Waals surface area contributed by atoms with Crippen LogP contribution in [0.3, 0.4) is 0 Å². The normalized spacial score (nSPS) is 21.0. The number of piperidine rings is 1. The molecule has 1 atom stereocenters. The average Bonchev–Trinajstić information content (AvgIpc) is 2.62. The zero-order valence-electron chi connectivity index (χ0n) is 10.6. The zero-order valence-corrected chi connectivity index (χ0v) is 11.4. The van der Waals surface area contributed by atoms with Crippen LogP contribution in [-0.4, -0.2) is 30.0 Å². The van der Waals surface area contributed by atoms with E-state index in [-0.39, 0.29) is 11.9 Å². The van der Waals surface area contributed by atoms with Gasteiger partial charge in [-0.1, -0.05) is 6.92 Å². The van der Waals surface area contributed by atoms with Crippen LogP contribution in [0, 0.1) is 13.8 Å². The number of amides is 1. The number of hydrogen-bond acceptors (Lipinski definition) is 4. The molecule has 2 heterocycles. The van der Waals surface area contributed by atoms with Crippen molar-refractivity contribution in [1.29, 1.82) is 0 Å². The number of thiazole rings is 1. The molecule has 1 saturated heterocycles. The molecular formula is C12H19N3OS. The number of carbonyl (C=O) groups excluding carboxylic acids is 1. The standard InChI is InChI=1S/C12H19N3OS/c1-4-13-10-6-5-7-15(11(10)16)12-14-8(2)9(3)17-12/h10,13H,4-7H2,1-3H3. The summed E-state index contributed by atoms with van der Waals surface area (Å²) in [5.74, 6) is 0.173. The third-order valence-electron chi connectivity index (χ3n) is 3.14. The van der Waals surface area contributed by atoms with Gasteiger partial charge in [-0.3, -0.25) is 9.69 Å². The molecule has 1 aliphatic heterocycles. The number of aromatic nitrogens is 1. The maximum atomic E-state index is 12.3. The van der Waals surface area contributed by atoms with E-state index in [9.17, 15) is 4.79 Å². The Morgan fingerprint density at radius 3 is 2.88 bits per heavy atom. The van der Waals surface area contributed by atoms with Crippen molar-refractivity contribution in [3.05, 3.63) is 10.6 Å². The van der Waals surface area contributed by atoms with Crippen molar-refractivity contribution >= 4 is 22.4 Å². The third-order valence-corrected chi connectivity index (χ3v) is 4.23. The Balaban J connectivity index is 2.17. The summed E-state index contributed by atoms with van der Waals surface area (Å²) in [5, 5.41) is 4.10. The molecule has 1 aromatic rings. The number of nitrogens with one attached hydrogen (secondary N) is 1. The summed E-state index contributed by atoms with van der Waals surface area (Å²) in [6.45, 7) is 7.70. The summed E-state index contributed by atoms with van der Waals surface area (Å²) in [7, 11) is 0. The van der Waals surface area contributed by atoms with Crippen LogP contribution >= 0.6 is 11.3 Å². The number of likely N-dealkylation sites (N-methyl/N-ethyl adjacent to an activating group) is 1. The van der Waals surface area contributed by atoms with Gasteiger partial charge in [-0.25, -0.2) is 4.98 Å². The predicted octanol–water partition coefficient (Wildman–Crippen LogP) is 1.86. The summed E-state index contributed by atoms with van der Waals surface area (Å²) >= 11 is 1.61. The van der Waals surface area contributed by atoms with Crippen LogP contribution in [0.2, 0.25) is 0 Å². The molecule has 0 aliphatic carbocycles. The largest absolute Gasteiger partial charge is 0.306 e. The Labute approximate surface area is 106 Å². The van der Waals surface area contributed by atoms with E-state index >= 15 is 0 Å². The summed E-state index contributed by atoms with van der Waals surface area (Å²) < 4.78 is 0. The highest BCUT2D eigenvalue weighted by Gasteiger charge is 2.30. The first kappa shape index (κ1) is 12.5. The molecule has 1 unspecified atom stereocenters. The average molecular weight is 253 g/mol. The van der Waals surface area contributed by atoms with Gasteiger partial charge in [-0.05, 0) is 33.2 Å². The molecule has 0 spiro atoms. The van der Waals surface area contributed by atoms with E-state index in [1.54, 1.807) is 11.3 Å². The van der Waals surface area contributed by atoms with E-state index in [1.807, 2.05) is 25.7 Å². The van der Waals surface area contributed by atoms with Gasteiger partial charge in [-0.15, -0.1) is 11.3 Å². The molecule has 1 aliphatic rings. The van der Waals surface area contributed by atoms with Gasteiger partial charge < -0.3 is 5.32 Å². The minimum Gasteiger partial charge on any atom is -0.306 e. The Morgan fingerprint density at radius 1 is 1.53 bits per heavy atom. The van der Waals surface area contributed by atoms with Crippen LogP contribution in [0.15, 0.2) is 0 Å². The van der Waals surface area contributed by atoms with Crippen LogP contribution in [0.1, 0.15) is 30.3 Å². The van der Waals surface area contributed by atoms with E-state index in [0.717, 1.165) is 36.8 Å². The second-order valence-electron chi connectivity index (χ2n) is 4.38. The lowest BCUT2D eigenvalue weighted by Gasteiger charge is -2.30. The van der Waals surface area contributed by atoms with Gasteiger partial charge in [0.2, 0.25) is 5.91 Å². The number of hydrogen-bond donors (Lipinski definition) is 1. The molecule has 1 N–H and O–H groups in total. The first-order valence-corrected chi connectivity index (χ1v) is 6.94. The number of aryl methyl sites for hydroxylation is 2. The van der Waals surface area contributed by atoms with Crippen molar-refractivity contribution in [3.8, 4) is 0 Å². The van der Waals surface area contributed by atoms with Gasteiger partial charge in [0.05, 0.1) is 11.7 Å². The second-order valence-corrected chi connectivity index (χ2v) is 5.56. The fourth-order valence-corrected chi connectivity index (χ4v) is 3.01. The van der Waals surface area contributed by atoms with Crippen molar-refractivity contribution in [1.82, 2.24) is 10.3 Å². The SMILES string of the molecule is CCNC1CCCN(c2nc(C)c(C)s2)C1=O. The monoisotopic (exact) mass is 253 g/mol. The van der Waals surface area contributed by atoms with Crippen molar-refractivity contribution in [2.24, 2.45) is 0 Å². The van der Waals surface area contributed by atoms with Crippen molar-refractivity contribution in [2.75, 3.05) is 18.0 Å². The molecule has 0 radical (unpaired) electrons. The Morgan fingerprint density at radius 2 is 2.29 bits per heavy atom. The van der Waals surface area contributed by atoms with Crippen molar-refractivity contribution < 1.29 is 4.79 Å². The number of carbonyl (C=O) groups is 1. The van der Waals surface area contributed by atoms with Crippen LogP contribution in [0.4, 0.5) is 5.13 Å². The third kappa shape index (κ3) is 2.50. The summed E-state index contributed by atoms with van der Waals surface area (Å²) in [6, 6.07) is -0.0294. The first-order chi connectivity index (χ1) is 8.13. The molecule has 1 amide bonds. The van der Waals surface area contributed by atoms with Gasteiger partial charge in [-0.2, -0.15) is 0 Å². The minimum atomic E-state index is -0.0294. The molecule has 1 aromatic heterocycles. The fraction of sp³-hybridized carbons (Fsp3) is 0.667. The number of nitrogens with zero attached hydrogens (tertiary/aromatic N) is 2. The molecule has 1 fully saturated rings. The molecule has 0 bridgehead atoms. The molecule has 17 heavy (non-hydrogen) atoms. The van der Waals surface area contributed by atoms with Crippen molar-refractivity contribution in [3.63, 3.8) is 0 Å². The van der Waals surface area contributed by atoms with Crippen LogP contribution in [0.25, 0.3) is 0 Å².